The molecule has 0 saturated carbocycles. The van der Waals surface area contributed by atoms with Crippen LogP contribution >= 0.6 is 0 Å². The number of nitrogen functional groups attached to an aromatic ring is 1. The number of nitrogens with two attached hydrogens (primary N) is 1. The lowest BCUT2D eigenvalue weighted by Crippen LogP contribution is -2.35. The van der Waals surface area contributed by atoms with Gasteiger partial charge in [-0.1, -0.05) is 24.3 Å². The summed E-state index contributed by atoms with van der Waals surface area (Å²) in [6.07, 6.45) is 0. The maximum Gasteiger partial charge on any atom is 0.102 e. The molecule has 0 spiro atoms. The minimum absolute atomic E-state index is 0.266. The Bertz CT molecular complexity index is 882. The van der Waals surface area contributed by atoms with Gasteiger partial charge in [-0.2, -0.15) is 10.5 Å². The van der Waals surface area contributed by atoms with E-state index in [1.54, 1.807) is 0 Å². The average molecular weight is 332 g/mol. The van der Waals surface area contributed by atoms with E-state index in [9.17, 15) is 10.5 Å². The number of rotatable bonds is 3. The van der Waals surface area contributed by atoms with E-state index in [0.717, 1.165) is 40.9 Å². The maximum atomic E-state index is 9.63. The number of fused-ring (bicyclic) bond motifs is 1. The zero-order chi connectivity index (χ0) is 18.0. The van der Waals surface area contributed by atoms with Gasteiger partial charge in [0.1, 0.15) is 12.1 Å². The molecule has 3 rings (SSSR count). The fourth-order valence-electron chi connectivity index (χ4n) is 3.25. The number of ether oxygens (including phenoxy) is 1. The second kappa shape index (κ2) is 6.94. The van der Waals surface area contributed by atoms with E-state index in [2.05, 4.69) is 23.6 Å². The van der Waals surface area contributed by atoms with Crippen molar-refractivity contribution in [3.63, 3.8) is 0 Å². The second-order valence-electron chi connectivity index (χ2n) is 6.30. The van der Waals surface area contributed by atoms with Gasteiger partial charge in [0.05, 0.1) is 30.0 Å². The van der Waals surface area contributed by atoms with E-state index in [-0.39, 0.29) is 5.69 Å². The van der Waals surface area contributed by atoms with Crippen molar-refractivity contribution in [1.82, 2.24) is 4.90 Å². The summed E-state index contributed by atoms with van der Waals surface area (Å²) in [5.41, 5.74) is 11.5. The maximum absolute atomic E-state index is 9.63. The molecule has 0 radical (unpaired) electrons. The third-order valence-electron chi connectivity index (χ3n) is 4.63. The zero-order valence-electron chi connectivity index (χ0n) is 14.3. The number of morpholine rings is 1. The van der Waals surface area contributed by atoms with Gasteiger partial charge in [-0.3, -0.25) is 4.90 Å². The molecule has 1 saturated heterocycles. The van der Waals surface area contributed by atoms with Crippen LogP contribution in [0.25, 0.3) is 16.7 Å². The molecule has 3 aliphatic rings. The molecular formula is C20H20N4O. The highest BCUT2D eigenvalue weighted by molar-refractivity contribution is 5.93. The molecule has 0 unspecified atom stereocenters. The Hall–Kier alpha value is -2.86. The Morgan fingerprint density at radius 3 is 2.52 bits per heavy atom. The van der Waals surface area contributed by atoms with Crippen LogP contribution in [-0.2, 0) is 11.3 Å². The van der Waals surface area contributed by atoms with Crippen molar-refractivity contribution in [1.29, 1.82) is 10.5 Å². The predicted octanol–water partition coefficient (Wildman–Crippen LogP) is 2.98. The molecular weight excluding hydrogens is 312 g/mol. The summed E-state index contributed by atoms with van der Waals surface area (Å²) >= 11 is 0. The topological polar surface area (TPSA) is 86.1 Å². The quantitative estimate of drug-likeness (QED) is 0.934. The van der Waals surface area contributed by atoms with Gasteiger partial charge in [-0.05, 0) is 24.1 Å². The van der Waals surface area contributed by atoms with Crippen LogP contribution in [0.3, 0.4) is 0 Å². The van der Waals surface area contributed by atoms with Gasteiger partial charge in [0.2, 0.25) is 0 Å². The van der Waals surface area contributed by atoms with E-state index in [1.165, 1.54) is 0 Å². The molecule has 126 valence electrons. The standard InChI is InChI=1S/C20H20N4O/c1-13(2)14-3-4-15(12-24-5-7-25-8-6-24)19-16(9-14)17(10-21)20(23)18(19)11-22/h3-4,9H,1,5-8,12,23H2,2H3. The van der Waals surface area contributed by atoms with Crippen molar-refractivity contribution >= 4 is 11.3 Å². The molecule has 5 heteroatoms. The van der Waals surface area contributed by atoms with E-state index >= 15 is 0 Å². The first-order valence-corrected chi connectivity index (χ1v) is 8.21. The summed E-state index contributed by atoms with van der Waals surface area (Å²) in [5.74, 6) is 0. The molecule has 1 aliphatic heterocycles. The van der Waals surface area contributed by atoms with Crippen LogP contribution in [0.1, 0.15) is 29.2 Å². The molecule has 0 aromatic carbocycles. The number of hydrogen-bond donors (Lipinski definition) is 1. The fourth-order valence-corrected chi connectivity index (χ4v) is 3.25. The van der Waals surface area contributed by atoms with Crippen LogP contribution in [0.5, 0.6) is 0 Å². The highest BCUT2D eigenvalue weighted by atomic mass is 16.5. The van der Waals surface area contributed by atoms with Crippen molar-refractivity contribution in [3.05, 3.63) is 47.0 Å². The largest absolute Gasteiger partial charge is 0.397 e. The lowest BCUT2D eigenvalue weighted by molar-refractivity contribution is 0.0342. The molecule has 2 N–H and O–H groups in total. The van der Waals surface area contributed by atoms with Crippen LogP contribution in [0.2, 0.25) is 0 Å². The first-order valence-electron chi connectivity index (χ1n) is 8.21. The van der Waals surface area contributed by atoms with Crippen LogP contribution in [0.15, 0.2) is 24.8 Å². The number of nitrogens with zero attached hydrogens (tertiary/aromatic N) is 3. The number of allylic oxidation sites excluding steroid dienone is 1. The molecule has 2 aliphatic carbocycles. The van der Waals surface area contributed by atoms with Gasteiger partial charge in [0, 0.05) is 30.8 Å². The smallest absolute Gasteiger partial charge is 0.102 e. The van der Waals surface area contributed by atoms with Gasteiger partial charge < -0.3 is 10.5 Å². The van der Waals surface area contributed by atoms with Crippen LogP contribution < -0.4 is 5.73 Å². The lowest BCUT2D eigenvalue weighted by atomic mass is 10.0. The Morgan fingerprint density at radius 1 is 1.24 bits per heavy atom. The molecule has 0 bridgehead atoms. The summed E-state index contributed by atoms with van der Waals surface area (Å²) in [6, 6.07) is 10.3. The van der Waals surface area contributed by atoms with E-state index in [0.29, 0.717) is 30.9 Å². The van der Waals surface area contributed by atoms with Crippen molar-refractivity contribution < 1.29 is 4.74 Å². The number of hydrogen-bond acceptors (Lipinski definition) is 5. The molecule has 0 atom stereocenters. The molecule has 0 aromatic heterocycles. The van der Waals surface area contributed by atoms with Gasteiger partial charge in [-0.15, -0.1) is 0 Å². The van der Waals surface area contributed by atoms with Gasteiger partial charge >= 0.3 is 0 Å². The minimum atomic E-state index is 0.266. The summed E-state index contributed by atoms with van der Waals surface area (Å²) in [5, 5.41) is 19.2. The third kappa shape index (κ3) is 3.08. The Labute approximate surface area is 147 Å². The molecule has 5 nitrogen and oxygen atoms in total. The van der Waals surface area contributed by atoms with Gasteiger partial charge in [0.15, 0.2) is 0 Å². The summed E-state index contributed by atoms with van der Waals surface area (Å²) in [7, 11) is 0. The predicted molar refractivity (Wildman–Crippen MR) is 97.7 cm³/mol. The molecule has 0 aromatic rings. The second-order valence-corrected chi connectivity index (χ2v) is 6.30. The molecule has 1 heterocycles. The van der Waals surface area contributed by atoms with Crippen LogP contribution in [0.4, 0.5) is 5.69 Å². The van der Waals surface area contributed by atoms with Crippen molar-refractivity contribution in [2.45, 2.75) is 13.5 Å². The number of anilines is 1. The van der Waals surface area contributed by atoms with Crippen molar-refractivity contribution in [2.24, 2.45) is 0 Å². The van der Waals surface area contributed by atoms with Gasteiger partial charge in [-0.25, -0.2) is 0 Å². The monoisotopic (exact) mass is 332 g/mol. The average Bonchev–Trinajstić information content (AvgIpc) is 2.74. The van der Waals surface area contributed by atoms with Crippen molar-refractivity contribution in [2.75, 3.05) is 32.0 Å². The normalized spacial score (nSPS) is 14.8. The highest BCUT2D eigenvalue weighted by Crippen LogP contribution is 2.41. The molecule has 1 fully saturated rings. The third-order valence-corrected chi connectivity index (χ3v) is 4.63. The Morgan fingerprint density at radius 2 is 1.92 bits per heavy atom. The SMILES string of the molecule is C=C(C)c1ccc(CN2CCOCC2)c2c(C#N)c(N)c(C#N)c-2c1. The summed E-state index contributed by atoms with van der Waals surface area (Å²) in [6.45, 7) is 9.71. The molecule has 0 amide bonds. The highest BCUT2D eigenvalue weighted by Gasteiger charge is 2.25. The first-order chi connectivity index (χ1) is 12.1. The van der Waals surface area contributed by atoms with E-state index in [1.807, 2.05) is 25.1 Å². The fraction of sp³-hybridized carbons (Fsp3) is 0.300. The van der Waals surface area contributed by atoms with E-state index < -0.39 is 0 Å². The lowest BCUT2D eigenvalue weighted by Gasteiger charge is -2.27. The Kier molecular flexibility index (Phi) is 4.72. The zero-order valence-corrected chi connectivity index (χ0v) is 14.3. The summed E-state index contributed by atoms with van der Waals surface area (Å²) < 4.78 is 5.41. The minimum Gasteiger partial charge on any atom is -0.397 e. The molecule has 25 heavy (non-hydrogen) atoms. The summed E-state index contributed by atoms with van der Waals surface area (Å²) in [4.78, 5) is 2.29. The Balaban J connectivity index is 2.22. The van der Waals surface area contributed by atoms with Crippen LogP contribution in [0, 0.1) is 22.7 Å². The van der Waals surface area contributed by atoms with Crippen molar-refractivity contribution in [3.8, 4) is 23.3 Å². The first kappa shape index (κ1) is 17.0. The van der Waals surface area contributed by atoms with Crippen LogP contribution in [-0.4, -0.2) is 31.2 Å². The van der Waals surface area contributed by atoms with Gasteiger partial charge in [0.25, 0.3) is 0 Å². The van der Waals surface area contributed by atoms with E-state index in [4.69, 9.17) is 10.5 Å². The number of nitriles is 2.